The molecular weight excluding hydrogens is 818 g/mol. The Morgan fingerprint density at radius 1 is 0.516 bits per heavy atom. The maximum atomic E-state index is 13.1. The number of hydrogen-bond donors (Lipinski definition) is 12. The zero-order chi connectivity index (χ0) is 45.6. The number of unbranched alkanes of at least 4 members (excludes halogenated alkanes) is 15. The number of carbonyl (C=O) groups excluding carboxylic acids is 1. The van der Waals surface area contributed by atoms with Gasteiger partial charge in [0.15, 0.2) is 18.9 Å². The van der Waals surface area contributed by atoms with Crippen LogP contribution in [0.5, 0.6) is 0 Å². The van der Waals surface area contributed by atoms with Gasteiger partial charge in [0.05, 0.1) is 38.6 Å². The minimum Gasteiger partial charge on any atom is -0.394 e. The van der Waals surface area contributed by atoms with Gasteiger partial charge in [0.2, 0.25) is 5.91 Å². The van der Waals surface area contributed by atoms with Gasteiger partial charge in [0, 0.05) is 6.42 Å². The normalized spacial score (nSPS) is 35.1. The van der Waals surface area contributed by atoms with Crippen molar-refractivity contribution >= 4 is 5.91 Å². The lowest BCUT2D eigenvalue weighted by atomic mass is 9.96. The highest BCUT2D eigenvalue weighted by molar-refractivity contribution is 5.76. The summed E-state index contributed by atoms with van der Waals surface area (Å²) >= 11 is 0. The molecule has 0 saturated carbocycles. The van der Waals surface area contributed by atoms with Crippen LogP contribution in [0.25, 0.3) is 0 Å². The predicted molar refractivity (Wildman–Crippen MR) is 222 cm³/mol. The number of hydrogen-bond acceptors (Lipinski definition) is 18. The van der Waals surface area contributed by atoms with Gasteiger partial charge < -0.3 is 89.9 Å². The monoisotopic (exact) mass is 900 g/mol. The minimum absolute atomic E-state index is 0.252. The van der Waals surface area contributed by atoms with Gasteiger partial charge in [-0.3, -0.25) is 4.79 Å². The fourth-order valence-corrected chi connectivity index (χ4v) is 8.19. The van der Waals surface area contributed by atoms with Gasteiger partial charge >= 0.3 is 0 Å². The van der Waals surface area contributed by atoms with Crippen LogP contribution in [0.2, 0.25) is 0 Å². The third-order valence-electron chi connectivity index (χ3n) is 12.2. The van der Waals surface area contributed by atoms with Crippen LogP contribution in [0, 0.1) is 0 Å². The van der Waals surface area contributed by atoms with Crippen LogP contribution in [0.4, 0.5) is 0 Å². The summed E-state index contributed by atoms with van der Waals surface area (Å²) in [5.74, 6) is -0.252. The molecule has 17 unspecified atom stereocenters. The van der Waals surface area contributed by atoms with Crippen molar-refractivity contribution in [3.63, 3.8) is 0 Å². The van der Waals surface area contributed by atoms with Crippen molar-refractivity contribution in [3.8, 4) is 0 Å². The van der Waals surface area contributed by atoms with Crippen LogP contribution in [-0.2, 0) is 33.2 Å². The highest BCUT2D eigenvalue weighted by Gasteiger charge is 2.53. The van der Waals surface area contributed by atoms with Gasteiger partial charge in [-0.1, -0.05) is 117 Å². The second kappa shape index (κ2) is 30.1. The van der Waals surface area contributed by atoms with Crippen molar-refractivity contribution in [1.29, 1.82) is 0 Å². The molecule has 0 aromatic rings. The van der Waals surface area contributed by atoms with Crippen LogP contribution < -0.4 is 5.32 Å². The summed E-state index contributed by atoms with van der Waals surface area (Å²) in [4.78, 5) is 13.1. The standard InChI is InChI=1S/C43H81NO18/c1-3-5-7-9-11-13-14-16-18-20-27(48)26(44-31(49)21-19-17-15-12-10-8-6-4-2)25-57-41-37(55)34(52)39(29(23-46)59-41)62-43-38(56)35(53)40(30(24-47)60-43)61-42-36(54)33(51)32(50)28(22-45)58-42/h26-30,32-43,45-48,50-56H,3-25H2,1-2H3,(H,44,49). The van der Waals surface area contributed by atoms with Crippen LogP contribution in [-0.4, -0.2) is 193 Å². The summed E-state index contributed by atoms with van der Waals surface area (Å²) in [6, 6.07) is -0.874. The molecule has 3 saturated heterocycles. The number of carbonyl (C=O) groups is 1. The van der Waals surface area contributed by atoms with Crippen LogP contribution >= 0.6 is 0 Å². The summed E-state index contributed by atoms with van der Waals surface area (Å²) in [7, 11) is 0. The first-order valence-electron chi connectivity index (χ1n) is 23.3. The second-order valence-electron chi connectivity index (χ2n) is 17.2. The Hall–Kier alpha value is -1.21. The van der Waals surface area contributed by atoms with Crippen LogP contribution in [0.3, 0.4) is 0 Å². The molecule has 3 fully saturated rings. The lowest BCUT2D eigenvalue weighted by Crippen LogP contribution is -2.66. The molecule has 12 N–H and O–H groups in total. The fourth-order valence-electron chi connectivity index (χ4n) is 8.19. The first kappa shape index (κ1) is 55.1. The maximum Gasteiger partial charge on any atom is 0.220 e. The molecule has 19 heteroatoms. The van der Waals surface area contributed by atoms with E-state index < -0.39 is 124 Å². The maximum absolute atomic E-state index is 13.1. The van der Waals surface area contributed by atoms with Crippen molar-refractivity contribution < 1.29 is 89.4 Å². The van der Waals surface area contributed by atoms with E-state index >= 15 is 0 Å². The van der Waals surface area contributed by atoms with Gasteiger partial charge in [-0.05, 0) is 12.8 Å². The minimum atomic E-state index is -1.97. The van der Waals surface area contributed by atoms with E-state index in [1.807, 2.05) is 0 Å². The molecule has 62 heavy (non-hydrogen) atoms. The Labute approximate surface area is 366 Å². The molecule has 366 valence electrons. The van der Waals surface area contributed by atoms with E-state index in [1.165, 1.54) is 57.8 Å². The van der Waals surface area contributed by atoms with E-state index in [4.69, 9.17) is 28.4 Å². The van der Waals surface area contributed by atoms with Gasteiger partial charge in [0.1, 0.15) is 73.2 Å². The SMILES string of the molecule is CCCCCCCCCCCC(O)C(COC1OC(CO)C(OC2OC(CO)C(OC3OC(CO)C(O)C(O)C3O)C(O)C2O)C(O)C1O)NC(=O)CCCCCCCCCC. The Balaban J connectivity index is 1.59. The Kier molecular flexibility index (Phi) is 26.8. The topological polar surface area (TPSA) is 307 Å². The first-order chi connectivity index (χ1) is 29.8. The molecule has 0 radical (unpaired) electrons. The van der Waals surface area contributed by atoms with E-state index in [0.29, 0.717) is 12.8 Å². The number of amides is 1. The number of nitrogens with one attached hydrogen (secondary N) is 1. The third kappa shape index (κ3) is 17.2. The van der Waals surface area contributed by atoms with E-state index in [2.05, 4.69) is 19.2 Å². The molecule has 3 aliphatic rings. The Bertz CT molecular complexity index is 1170. The summed E-state index contributed by atoms with van der Waals surface area (Å²) in [6.07, 6.45) is -7.36. The average molecular weight is 900 g/mol. The smallest absolute Gasteiger partial charge is 0.220 e. The fraction of sp³-hybridized carbons (Fsp3) is 0.977. The number of rotatable bonds is 31. The first-order valence-corrected chi connectivity index (χ1v) is 23.3. The number of aliphatic hydroxyl groups is 11. The van der Waals surface area contributed by atoms with Crippen molar-refractivity contribution in [2.45, 2.75) is 240 Å². The molecule has 0 bridgehead atoms. The van der Waals surface area contributed by atoms with Gasteiger partial charge in [-0.2, -0.15) is 0 Å². The molecular formula is C43H81NO18. The van der Waals surface area contributed by atoms with Crippen LogP contribution in [0.15, 0.2) is 0 Å². The molecule has 3 aliphatic heterocycles. The lowest BCUT2D eigenvalue weighted by Gasteiger charge is -2.48. The van der Waals surface area contributed by atoms with Crippen molar-refractivity contribution in [1.82, 2.24) is 5.32 Å². The molecule has 0 aromatic heterocycles. The van der Waals surface area contributed by atoms with Crippen molar-refractivity contribution in [2.24, 2.45) is 0 Å². The molecule has 19 nitrogen and oxygen atoms in total. The molecule has 3 heterocycles. The summed E-state index contributed by atoms with van der Waals surface area (Å²) in [5.41, 5.74) is 0. The third-order valence-corrected chi connectivity index (χ3v) is 12.2. The van der Waals surface area contributed by atoms with Crippen LogP contribution in [0.1, 0.15) is 136 Å². The molecule has 0 aliphatic carbocycles. The van der Waals surface area contributed by atoms with Gasteiger partial charge in [-0.15, -0.1) is 0 Å². The summed E-state index contributed by atoms with van der Waals surface area (Å²) in [6.45, 7) is 1.67. The van der Waals surface area contributed by atoms with E-state index in [-0.39, 0.29) is 18.9 Å². The summed E-state index contributed by atoms with van der Waals surface area (Å²) < 4.78 is 34.0. The van der Waals surface area contributed by atoms with E-state index in [9.17, 15) is 61.0 Å². The molecule has 3 rings (SSSR count). The zero-order valence-corrected chi connectivity index (χ0v) is 36.9. The second-order valence-corrected chi connectivity index (χ2v) is 17.2. The number of ether oxygens (including phenoxy) is 6. The largest absolute Gasteiger partial charge is 0.394 e. The molecule has 0 spiro atoms. The van der Waals surface area contributed by atoms with Gasteiger partial charge in [-0.25, -0.2) is 0 Å². The average Bonchev–Trinajstić information content (AvgIpc) is 3.26. The molecule has 1 amide bonds. The van der Waals surface area contributed by atoms with Gasteiger partial charge in [0.25, 0.3) is 0 Å². The Morgan fingerprint density at radius 2 is 0.919 bits per heavy atom. The highest BCUT2D eigenvalue weighted by Crippen LogP contribution is 2.33. The quantitative estimate of drug-likeness (QED) is 0.0399. The highest BCUT2D eigenvalue weighted by atomic mass is 16.8. The Morgan fingerprint density at radius 3 is 1.40 bits per heavy atom. The zero-order valence-electron chi connectivity index (χ0n) is 36.9. The summed E-state index contributed by atoms with van der Waals surface area (Å²) in [5, 5.41) is 119. The lowest BCUT2D eigenvalue weighted by molar-refractivity contribution is -0.379. The molecule has 17 atom stereocenters. The van der Waals surface area contributed by atoms with Crippen molar-refractivity contribution in [3.05, 3.63) is 0 Å². The van der Waals surface area contributed by atoms with Crippen molar-refractivity contribution in [2.75, 3.05) is 26.4 Å². The van der Waals surface area contributed by atoms with E-state index in [1.54, 1.807) is 0 Å². The van der Waals surface area contributed by atoms with E-state index in [0.717, 1.165) is 44.9 Å². The molecule has 0 aromatic carbocycles. The number of aliphatic hydroxyl groups excluding tert-OH is 11. The predicted octanol–water partition coefficient (Wildman–Crippen LogP) is -0.251.